The molecular formula is C20H22N6O. The van der Waals surface area contributed by atoms with Crippen molar-refractivity contribution in [2.45, 2.75) is 32.7 Å². The summed E-state index contributed by atoms with van der Waals surface area (Å²) in [6, 6.07) is 7.11. The second-order valence-corrected chi connectivity index (χ2v) is 7.25. The van der Waals surface area contributed by atoms with Gasteiger partial charge in [0.25, 0.3) is 0 Å². The molecule has 0 unspecified atom stereocenters. The Labute approximate surface area is 158 Å². The molecule has 3 rings (SSSR count). The Bertz CT molecular complexity index is 993. The molecule has 0 fully saturated rings. The largest absolute Gasteiger partial charge is 0.440 e. The van der Waals surface area contributed by atoms with Gasteiger partial charge < -0.3 is 10.5 Å². The Hall–Kier alpha value is -3.24. The van der Waals surface area contributed by atoms with Crippen molar-refractivity contribution in [1.82, 2.24) is 19.7 Å². The molecule has 7 heteroatoms. The number of hydrogen-bond donors (Lipinski definition) is 1. The van der Waals surface area contributed by atoms with Gasteiger partial charge in [0.05, 0.1) is 17.8 Å². The maximum atomic E-state index is 7.28. The number of nitrogens with zero attached hydrogens (tertiary/aromatic N) is 5. The molecule has 0 saturated heterocycles. The molecule has 0 spiro atoms. The third kappa shape index (κ3) is 3.96. The summed E-state index contributed by atoms with van der Waals surface area (Å²) in [5.41, 5.74) is 8.47. The van der Waals surface area contributed by atoms with Crippen LogP contribution >= 0.6 is 0 Å². The molecule has 0 aliphatic rings. The van der Waals surface area contributed by atoms with E-state index in [9.17, 15) is 0 Å². The lowest BCUT2D eigenvalue weighted by Crippen LogP contribution is -2.12. The molecular weight excluding hydrogens is 340 g/mol. The molecule has 1 aromatic carbocycles. The summed E-state index contributed by atoms with van der Waals surface area (Å²) in [5, 5.41) is 4.53. The number of benzene rings is 1. The molecule has 0 bridgehead atoms. The van der Waals surface area contributed by atoms with E-state index in [1.54, 1.807) is 35.3 Å². The fourth-order valence-corrected chi connectivity index (χ4v) is 2.47. The van der Waals surface area contributed by atoms with Crippen LogP contribution in [0, 0.1) is 6.57 Å². The fourth-order valence-electron chi connectivity index (χ4n) is 2.47. The first kappa shape index (κ1) is 18.5. The van der Waals surface area contributed by atoms with Crippen LogP contribution in [0.15, 0.2) is 36.7 Å². The monoisotopic (exact) mass is 362 g/mol. The molecule has 3 aromatic rings. The van der Waals surface area contributed by atoms with E-state index in [1.165, 1.54) is 0 Å². The van der Waals surface area contributed by atoms with Gasteiger partial charge in [0, 0.05) is 43.0 Å². The van der Waals surface area contributed by atoms with Gasteiger partial charge in [-0.3, -0.25) is 0 Å². The lowest BCUT2D eigenvalue weighted by atomic mass is 9.93. The standard InChI is InChI=1S/C20H22N6O/c1-20(2,3)17-9-18(26(5)25-17)27-16-8-14(22-4)6-7-15(16)19-23-11-13(10-21)12-24-19/h6-9,11-12H,10,21H2,1-3,5H3. The van der Waals surface area contributed by atoms with E-state index in [0.717, 1.165) is 11.3 Å². The lowest BCUT2D eigenvalue weighted by molar-refractivity contribution is 0.431. The Morgan fingerprint density at radius 3 is 2.44 bits per heavy atom. The molecule has 0 saturated carbocycles. The van der Waals surface area contributed by atoms with Crippen LogP contribution in [0.1, 0.15) is 32.0 Å². The summed E-state index contributed by atoms with van der Waals surface area (Å²) in [6.45, 7) is 13.9. The molecule has 138 valence electrons. The SMILES string of the molecule is [C-]#[N+]c1ccc(-c2ncc(CN)cn2)c(Oc2cc(C(C)(C)C)nn2C)c1. The van der Waals surface area contributed by atoms with E-state index in [-0.39, 0.29) is 5.41 Å². The van der Waals surface area contributed by atoms with Gasteiger partial charge in [-0.2, -0.15) is 5.10 Å². The molecule has 7 nitrogen and oxygen atoms in total. The predicted molar refractivity (Wildman–Crippen MR) is 104 cm³/mol. The maximum absolute atomic E-state index is 7.28. The van der Waals surface area contributed by atoms with Crippen molar-refractivity contribution in [3.63, 3.8) is 0 Å². The van der Waals surface area contributed by atoms with Gasteiger partial charge in [-0.1, -0.05) is 32.9 Å². The molecule has 0 radical (unpaired) electrons. The molecule has 0 aliphatic heterocycles. The van der Waals surface area contributed by atoms with Crippen molar-refractivity contribution >= 4 is 5.69 Å². The van der Waals surface area contributed by atoms with E-state index in [4.69, 9.17) is 17.0 Å². The highest BCUT2D eigenvalue weighted by Crippen LogP contribution is 2.36. The van der Waals surface area contributed by atoms with Gasteiger partial charge in [0.15, 0.2) is 11.5 Å². The minimum atomic E-state index is -0.0955. The minimum Gasteiger partial charge on any atom is -0.440 e. The van der Waals surface area contributed by atoms with Gasteiger partial charge in [-0.05, 0) is 6.07 Å². The molecule has 0 aliphatic carbocycles. The van der Waals surface area contributed by atoms with E-state index in [2.05, 4.69) is 40.7 Å². The molecule has 2 N–H and O–H groups in total. The Kier molecular flexibility index (Phi) is 4.93. The maximum Gasteiger partial charge on any atom is 0.217 e. The Morgan fingerprint density at radius 2 is 1.89 bits per heavy atom. The van der Waals surface area contributed by atoms with Crippen molar-refractivity contribution in [1.29, 1.82) is 0 Å². The van der Waals surface area contributed by atoms with E-state index < -0.39 is 0 Å². The zero-order chi connectivity index (χ0) is 19.6. The van der Waals surface area contributed by atoms with Gasteiger partial charge in [-0.25, -0.2) is 19.5 Å². The summed E-state index contributed by atoms with van der Waals surface area (Å²) in [7, 11) is 1.83. The first-order chi connectivity index (χ1) is 12.8. The highest BCUT2D eigenvalue weighted by Gasteiger charge is 2.21. The van der Waals surface area contributed by atoms with Crippen molar-refractivity contribution in [3.05, 3.63) is 59.3 Å². The van der Waals surface area contributed by atoms with Crippen LogP contribution in [-0.2, 0) is 19.0 Å². The average Bonchev–Trinajstić information content (AvgIpc) is 3.03. The van der Waals surface area contributed by atoms with E-state index >= 15 is 0 Å². The minimum absolute atomic E-state index is 0.0955. The number of rotatable bonds is 4. The van der Waals surface area contributed by atoms with Gasteiger partial charge >= 0.3 is 0 Å². The first-order valence-electron chi connectivity index (χ1n) is 8.57. The summed E-state index contributed by atoms with van der Waals surface area (Å²) >= 11 is 0. The van der Waals surface area contributed by atoms with Crippen LogP contribution in [0.2, 0.25) is 0 Å². The summed E-state index contributed by atoms with van der Waals surface area (Å²) < 4.78 is 7.81. The number of aryl methyl sites for hydroxylation is 1. The molecule has 2 aromatic heterocycles. The summed E-state index contributed by atoms with van der Waals surface area (Å²) in [5.74, 6) is 1.60. The van der Waals surface area contributed by atoms with Crippen molar-refractivity contribution in [2.75, 3.05) is 0 Å². The molecule has 0 amide bonds. The topological polar surface area (TPSA) is 83.2 Å². The Morgan fingerprint density at radius 1 is 1.19 bits per heavy atom. The highest BCUT2D eigenvalue weighted by atomic mass is 16.5. The molecule has 2 heterocycles. The van der Waals surface area contributed by atoms with Gasteiger partial charge in [0.1, 0.15) is 5.75 Å². The van der Waals surface area contributed by atoms with Crippen LogP contribution in [0.4, 0.5) is 5.69 Å². The number of aromatic nitrogens is 4. The van der Waals surface area contributed by atoms with Crippen molar-refractivity contribution in [2.24, 2.45) is 12.8 Å². The fraction of sp³-hybridized carbons (Fsp3) is 0.300. The third-order valence-electron chi connectivity index (χ3n) is 4.10. The number of nitrogens with two attached hydrogens (primary N) is 1. The van der Waals surface area contributed by atoms with Crippen LogP contribution in [0.5, 0.6) is 11.6 Å². The molecule has 0 atom stereocenters. The highest BCUT2D eigenvalue weighted by molar-refractivity contribution is 5.69. The summed E-state index contributed by atoms with van der Waals surface area (Å²) in [6.07, 6.45) is 3.38. The van der Waals surface area contributed by atoms with E-state index in [0.29, 0.717) is 35.2 Å². The van der Waals surface area contributed by atoms with Crippen LogP contribution in [0.3, 0.4) is 0 Å². The molecule has 27 heavy (non-hydrogen) atoms. The van der Waals surface area contributed by atoms with Gasteiger partial charge in [0.2, 0.25) is 5.88 Å². The predicted octanol–water partition coefficient (Wildman–Crippen LogP) is 3.98. The lowest BCUT2D eigenvalue weighted by Gasteiger charge is -2.13. The van der Waals surface area contributed by atoms with Crippen LogP contribution in [-0.4, -0.2) is 19.7 Å². The normalized spacial score (nSPS) is 11.3. The average molecular weight is 362 g/mol. The van der Waals surface area contributed by atoms with E-state index in [1.807, 2.05) is 13.1 Å². The van der Waals surface area contributed by atoms with Crippen LogP contribution in [0.25, 0.3) is 16.2 Å². The second-order valence-electron chi connectivity index (χ2n) is 7.25. The zero-order valence-electron chi connectivity index (χ0n) is 15.9. The van der Waals surface area contributed by atoms with Crippen molar-refractivity contribution in [3.8, 4) is 23.0 Å². The van der Waals surface area contributed by atoms with Crippen LogP contribution < -0.4 is 10.5 Å². The third-order valence-corrected chi connectivity index (χ3v) is 4.10. The second kappa shape index (κ2) is 7.17. The first-order valence-corrected chi connectivity index (χ1v) is 8.57. The zero-order valence-corrected chi connectivity index (χ0v) is 15.9. The quantitative estimate of drug-likeness (QED) is 0.710. The summed E-state index contributed by atoms with van der Waals surface area (Å²) in [4.78, 5) is 12.2. The van der Waals surface area contributed by atoms with Gasteiger partial charge in [-0.15, -0.1) is 0 Å². The Balaban J connectivity index is 2.04. The number of ether oxygens (including phenoxy) is 1. The van der Waals surface area contributed by atoms with Crippen molar-refractivity contribution < 1.29 is 4.74 Å². The smallest absolute Gasteiger partial charge is 0.217 e. The number of hydrogen-bond acceptors (Lipinski definition) is 5.